The van der Waals surface area contributed by atoms with Crippen molar-refractivity contribution >= 4 is 29.8 Å². The van der Waals surface area contributed by atoms with E-state index in [9.17, 15) is 37.1 Å². The molecule has 0 spiro atoms. The van der Waals surface area contributed by atoms with Crippen LogP contribution in [0.25, 0.3) is 0 Å². The highest BCUT2D eigenvalue weighted by Gasteiger charge is 2.53. The fraction of sp³-hybridized carbons (Fsp3) is 0.349. The first-order valence-electron chi connectivity index (χ1n) is 27.2. The van der Waals surface area contributed by atoms with Gasteiger partial charge in [-0.1, -0.05) is 164 Å². The summed E-state index contributed by atoms with van der Waals surface area (Å²) in [5.41, 5.74) is 4.11. The summed E-state index contributed by atoms with van der Waals surface area (Å²) in [7, 11) is 1.16. The second-order valence-electron chi connectivity index (χ2n) is 19.9. The molecule has 3 amide bonds. The molecule has 84 heavy (non-hydrogen) atoms. The first kappa shape index (κ1) is 61.9. The van der Waals surface area contributed by atoms with Crippen LogP contribution in [0.4, 0.5) is 18.0 Å². The third-order valence-corrected chi connectivity index (χ3v) is 13.7. The zero-order valence-corrected chi connectivity index (χ0v) is 46.3. The van der Waals surface area contributed by atoms with Crippen molar-refractivity contribution < 1.29 is 84.5 Å². The average Bonchev–Trinajstić information content (AvgIpc) is 1.95. The molecule has 0 radical (unpaired) electrons. The first-order chi connectivity index (χ1) is 40.6. The Hall–Kier alpha value is -8.18. The minimum absolute atomic E-state index is 0.00642. The van der Waals surface area contributed by atoms with Crippen molar-refractivity contribution in [3.63, 3.8) is 0 Å². The van der Waals surface area contributed by atoms with E-state index in [2.05, 4.69) is 10.6 Å². The van der Waals surface area contributed by atoms with E-state index in [-0.39, 0.29) is 50.8 Å². The molecule has 6 aromatic rings. The average molecular weight is 1160 g/mol. The fourth-order valence-electron chi connectivity index (χ4n) is 9.59. The molecule has 6 aromatic carbocycles. The van der Waals surface area contributed by atoms with Gasteiger partial charge in [0.2, 0.25) is 12.2 Å². The molecule has 0 aliphatic carbocycles. The number of hydrogen-bond donors (Lipinski definition) is 3. The minimum Gasteiger partial charge on any atom is -0.467 e. The molecule has 0 aromatic heterocycles. The molecule has 21 heteroatoms. The van der Waals surface area contributed by atoms with E-state index in [0.29, 0.717) is 5.56 Å². The van der Waals surface area contributed by atoms with Gasteiger partial charge in [-0.25, -0.2) is 9.59 Å². The molecule has 444 valence electrons. The van der Waals surface area contributed by atoms with Crippen molar-refractivity contribution in [1.29, 1.82) is 0 Å². The van der Waals surface area contributed by atoms with Crippen LogP contribution >= 0.6 is 0 Å². The summed E-state index contributed by atoms with van der Waals surface area (Å²) in [4.78, 5) is 65.8. The third-order valence-electron chi connectivity index (χ3n) is 13.7. The van der Waals surface area contributed by atoms with Crippen LogP contribution in [0, 0.1) is 0 Å². The first-order valence-corrected chi connectivity index (χ1v) is 27.2. The van der Waals surface area contributed by atoms with Gasteiger partial charge in [0.05, 0.1) is 45.7 Å². The monoisotopic (exact) mass is 1160 g/mol. The molecular weight excluding hydrogens is 1100 g/mol. The number of alkyl halides is 3. The summed E-state index contributed by atoms with van der Waals surface area (Å²) in [6.07, 6.45) is -16.4. The molecular formula is C63H66F3N3O15. The van der Waals surface area contributed by atoms with Gasteiger partial charge < -0.3 is 63.3 Å². The minimum atomic E-state index is -5.29. The van der Waals surface area contributed by atoms with Crippen molar-refractivity contribution in [2.24, 2.45) is 0 Å². The number of nitrogens with one attached hydrogen (secondary N) is 3. The van der Waals surface area contributed by atoms with Crippen LogP contribution in [-0.4, -0.2) is 111 Å². The summed E-state index contributed by atoms with van der Waals surface area (Å²) in [5.74, 6) is -4.53. The number of alkyl carbamates (subject to hydrolysis) is 1. The summed E-state index contributed by atoms with van der Waals surface area (Å²) in [5, 5.41) is 7.34. The molecule has 2 aliphatic rings. The quantitative estimate of drug-likeness (QED) is 0.0362. The van der Waals surface area contributed by atoms with E-state index < -0.39 is 110 Å². The predicted molar refractivity (Wildman–Crippen MR) is 296 cm³/mol. The number of rotatable bonds is 25. The molecule has 0 bridgehead atoms. The zero-order chi connectivity index (χ0) is 59.4. The molecule has 2 saturated heterocycles. The van der Waals surface area contributed by atoms with E-state index >= 15 is 0 Å². The Balaban J connectivity index is 1.11. The summed E-state index contributed by atoms with van der Waals surface area (Å²) < 4.78 is 104. The molecule has 2 aliphatic heterocycles. The lowest BCUT2D eigenvalue weighted by molar-refractivity contribution is -0.343. The Morgan fingerprint density at radius 1 is 0.619 bits per heavy atom. The van der Waals surface area contributed by atoms with Crippen LogP contribution in [0.15, 0.2) is 176 Å². The van der Waals surface area contributed by atoms with Crippen LogP contribution < -0.4 is 20.7 Å². The lowest BCUT2D eigenvalue weighted by Gasteiger charge is -2.48. The number of amides is 3. The molecule has 18 nitrogen and oxygen atoms in total. The van der Waals surface area contributed by atoms with Gasteiger partial charge in [0.25, 0.3) is 0 Å². The number of benzene rings is 6. The van der Waals surface area contributed by atoms with Gasteiger partial charge in [0.1, 0.15) is 42.8 Å². The standard InChI is InChI=1S/C63H66F3N3O15/c1-40-54(81-41(2)70)49(67-61(73)63(64,65)66)34-52(80-40)84-57-56(78-37-45-25-15-7-16-26-45)55(77-36-44-23-13-6-14-24-44)51(39-76-35-43-21-11-5-12-22-43)83-60(57)82-48-31-29-47(30-32-48)53(59(72)75-3)69-58(71)50(33-42-19-9-4-10-20-42)68-62(74)79-38-46-27-17-8-18-28-46/h4-32,40,49-57,60H,33-39H2,1-3H3,(H,67,73)(H,68,74)(H,69,71)/t40-,49-,50-,51+,52-,53+,54-,55+,56-,57+,60+/m0/s1. The number of halogens is 3. The largest absolute Gasteiger partial charge is 0.471 e. The zero-order valence-electron chi connectivity index (χ0n) is 46.3. The maximum absolute atomic E-state index is 14.2. The molecule has 2 fully saturated rings. The van der Waals surface area contributed by atoms with Gasteiger partial charge in [-0.05, 0) is 52.4 Å². The summed E-state index contributed by atoms with van der Waals surface area (Å²) >= 11 is 0. The molecule has 8 rings (SSSR count). The normalized spacial score (nSPS) is 22.0. The van der Waals surface area contributed by atoms with Gasteiger partial charge in [-0.2, -0.15) is 13.2 Å². The van der Waals surface area contributed by atoms with Crippen LogP contribution in [0.1, 0.15) is 59.7 Å². The SMILES string of the molecule is COC(=O)[C@H](NC(=O)[C@H](Cc1ccccc1)NC(=O)OCc1ccccc1)c1ccc(O[C@@H]2O[C@H](COCc3ccccc3)[C@@H](OCc3ccccc3)[C@H](OCc3ccccc3)[C@H]2O[C@H]2C[C@H](NC(=O)C(F)(F)F)[C@@H](OC(C)=O)[C@H](C)O2)cc1. The number of carbonyl (C=O) groups excluding carboxylic acids is 5. The highest BCUT2D eigenvalue weighted by molar-refractivity contribution is 5.90. The highest BCUT2D eigenvalue weighted by atomic mass is 19.4. The maximum Gasteiger partial charge on any atom is 0.471 e. The Kier molecular flexibility index (Phi) is 22.4. The lowest BCUT2D eigenvalue weighted by Crippen LogP contribution is -2.64. The van der Waals surface area contributed by atoms with E-state index in [0.717, 1.165) is 36.3 Å². The molecule has 3 N–H and O–H groups in total. The van der Waals surface area contributed by atoms with E-state index in [4.69, 9.17) is 47.4 Å². The number of esters is 2. The molecule has 2 heterocycles. The molecule has 0 saturated carbocycles. The van der Waals surface area contributed by atoms with Gasteiger partial charge in [0.15, 0.2) is 18.4 Å². The Morgan fingerprint density at radius 3 is 1.68 bits per heavy atom. The maximum atomic E-state index is 14.2. The smallest absolute Gasteiger partial charge is 0.467 e. The van der Waals surface area contributed by atoms with Crippen LogP contribution in [0.5, 0.6) is 5.75 Å². The van der Waals surface area contributed by atoms with Gasteiger partial charge in [-0.3, -0.25) is 14.4 Å². The predicted octanol–water partition coefficient (Wildman–Crippen LogP) is 8.54. The van der Waals surface area contributed by atoms with Crippen molar-refractivity contribution in [1.82, 2.24) is 16.0 Å². The van der Waals surface area contributed by atoms with Gasteiger partial charge in [-0.15, -0.1) is 0 Å². The van der Waals surface area contributed by atoms with Crippen molar-refractivity contribution in [3.8, 4) is 5.75 Å². The van der Waals surface area contributed by atoms with Crippen LogP contribution in [0.3, 0.4) is 0 Å². The van der Waals surface area contributed by atoms with Crippen molar-refractivity contribution in [2.45, 2.75) is 127 Å². The van der Waals surface area contributed by atoms with Crippen LogP contribution in [0.2, 0.25) is 0 Å². The number of ether oxygens (including phenoxy) is 10. The molecule has 11 atom stereocenters. The number of carbonyl (C=O) groups is 5. The Labute approximate surface area is 484 Å². The lowest BCUT2D eigenvalue weighted by atomic mass is 9.96. The van der Waals surface area contributed by atoms with Crippen molar-refractivity contribution in [2.75, 3.05) is 13.7 Å². The third kappa shape index (κ3) is 18.2. The van der Waals surface area contributed by atoms with E-state index in [1.165, 1.54) is 31.2 Å². The Bertz CT molecular complexity index is 3030. The highest BCUT2D eigenvalue weighted by Crippen LogP contribution is 2.36. The van der Waals surface area contributed by atoms with Gasteiger partial charge in [0, 0.05) is 19.8 Å². The summed E-state index contributed by atoms with van der Waals surface area (Å²) in [6, 6.07) is 47.9. The number of hydrogen-bond acceptors (Lipinski definition) is 15. The van der Waals surface area contributed by atoms with Crippen molar-refractivity contribution in [3.05, 3.63) is 209 Å². The van der Waals surface area contributed by atoms with Crippen LogP contribution in [-0.2, 0) is 94.7 Å². The second kappa shape index (κ2) is 30.4. The fourth-order valence-corrected chi connectivity index (χ4v) is 9.59. The van der Waals surface area contributed by atoms with Gasteiger partial charge >= 0.3 is 30.1 Å². The second-order valence-corrected chi connectivity index (χ2v) is 19.9. The number of methoxy groups -OCH3 is 1. The Morgan fingerprint density at radius 2 is 1.14 bits per heavy atom. The van der Waals surface area contributed by atoms with E-state index in [1.807, 2.05) is 108 Å². The topological polar surface area (TPSA) is 214 Å². The summed E-state index contributed by atoms with van der Waals surface area (Å²) in [6.45, 7) is 2.63. The molecule has 0 unspecified atom stereocenters. The van der Waals surface area contributed by atoms with E-state index in [1.54, 1.807) is 48.5 Å².